The van der Waals surface area contributed by atoms with Crippen molar-refractivity contribution in [3.63, 3.8) is 0 Å². The highest BCUT2D eigenvalue weighted by Crippen LogP contribution is 2.26. The van der Waals surface area contributed by atoms with Crippen LogP contribution in [0.25, 0.3) is 10.2 Å². The molecule has 138 valence electrons. The highest BCUT2D eigenvalue weighted by atomic mass is 32.1. The summed E-state index contributed by atoms with van der Waals surface area (Å²) in [6.45, 7) is 1.06. The van der Waals surface area contributed by atoms with Crippen molar-refractivity contribution >= 4 is 44.3 Å². The molecule has 0 radical (unpaired) electrons. The van der Waals surface area contributed by atoms with Gasteiger partial charge in [0.1, 0.15) is 0 Å². The van der Waals surface area contributed by atoms with E-state index in [-0.39, 0.29) is 17.9 Å². The predicted octanol–water partition coefficient (Wildman–Crippen LogP) is 4.18. The van der Waals surface area contributed by atoms with Crippen molar-refractivity contribution in [1.29, 1.82) is 0 Å². The summed E-state index contributed by atoms with van der Waals surface area (Å²) in [5, 5.41) is 6.38. The highest BCUT2D eigenvalue weighted by Gasteiger charge is 2.28. The van der Waals surface area contributed by atoms with Crippen molar-refractivity contribution in [2.45, 2.75) is 12.8 Å². The molecule has 1 fully saturated rings. The van der Waals surface area contributed by atoms with Gasteiger partial charge in [0.15, 0.2) is 5.13 Å². The minimum Gasteiger partial charge on any atom is -0.326 e. The van der Waals surface area contributed by atoms with E-state index in [2.05, 4.69) is 15.6 Å². The predicted molar refractivity (Wildman–Crippen MR) is 108 cm³/mol. The average molecular weight is 380 g/mol. The van der Waals surface area contributed by atoms with E-state index in [0.717, 1.165) is 28.7 Å². The van der Waals surface area contributed by atoms with Gasteiger partial charge in [-0.2, -0.15) is 0 Å². The molecule has 4 rings (SSSR count). The molecule has 27 heavy (non-hydrogen) atoms. The summed E-state index contributed by atoms with van der Waals surface area (Å²) in [7, 11) is 0. The van der Waals surface area contributed by atoms with Gasteiger partial charge in [0.05, 0.1) is 16.1 Å². The Morgan fingerprint density at radius 2 is 1.81 bits per heavy atom. The number of anilines is 2. The molecule has 2 aromatic carbocycles. The molecule has 3 aromatic rings. The quantitative estimate of drug-likeness (QED) is 0.716. The molecule has 1 saturated heterocycles. The molecule has 0 aliphatic carbocycles. The van der Waals surface area contributed by atoms with Gasteiger partial charge in [0.25, 0.3) is 0 Å². The molecule has 7 heteroatoms. The number of aromatic nitrogens is 1. The Labute approximate surface area is 161 Å². The number of carbonyl (C=O) groups excluding carboxylic acids is 2. The molecule has 2 heterocycles. The van der Waals surface area contributed by atoms with Crippen LogP contribution in [0.2, 0.25) is 0 Å². The number of benzene rings is 2. The number of para-hydroxylation sites is 2. The standard InChI is InChI=1S/C20H20N4O2S/c25-18(21-15-8-2-1-3-9-15)14-7-6-12-24(13-14)20(26)23-19-22-16-10-4-5-11-17(16)27-19/h1-5,8-11,14H,6-7,12-13H2,(H,21,25)(H,22,23,26). The Morgan fingerprint density at radius 1 is 1.04 bits per heavy atom. The Balaban J connectivity index is 1.38. The molecule has 0 saturated carbocycles. The maximum absolute atomic E-state index is 12.6. The third-order valence-corrected chi connectivity index (χ3v) is 5.58. The Hall–Kier alpha value is -2.93. The van der Waals surface area contributed by atoms with E-state index in [1.807, 2.05) is 54.6 Å². The van der Waals surface area contributed by atoms with Crippen molar-refractivity contribution in [1.82, 2.24) is 9.88 Å². The number of piperidine rings is 1. The molecule has 1 aliphatic rings. The lowest BCUT2D eigenvalue weighted by molar-refractivity contribution is -0.121. The Kier molecular flexibility index (Phi) is 5.02. The molecule has 1 aliphatic heterocycles. The van der Waals surface area contributed by atoms with Crippen molar-refractivity contribution in [2.24, 2.45) is 5.92 Å². The van der Waals surface area contributed by atoms with Crippen LogP contribution in [0.4, 0.5) is 15.6 Å². The number of nitrogens with zero attached hydrogens (tertiary/aromatic N) is 2. The maximum atomic E-state index is 12.6. The lowest BCUT2D eigenvalue weighted by Crippen LogP contribution is -2.45. The molecular formula is C20H20N4O2S. The van der Waals surface area contributed by atoms with E-state index in [1.165, 1.54) is 11.3 Å². The van der Waals surface area contributed by atoms with Crippen LogP contribution >= 0.6 is 11.3 Å². The van der Waals surface area contributed by atoms with Crippen molar-refractivity contribution in [3.05, 3.63) is 54.6 Å². The topological polar surface area (TPSA) is 74.3 Å². The van der Waals surface area contributed by atoms with Gasteiger partial charge in [-0.25, -0.2) is 9.78 Å². The SMILES string of the molecule is O=C(Nc1ccccc1)C1CCCN(C(=O)Nc2nc3ccccc3s2)C1. The summed E-state index contributed by atoms with van der Waals surface area (Å²) in [4.78, 5) is 31.3. The van der Waals surface area contributed by atoms with Gasteiger partial charge in [-0.15, -0.1) is 0 Å². The first-order valence-electron chi connectivity index (χ1n) is 8.96. The first kappa shape index (κ1) is 17.5. The van der Waals surface area contributed by atoms with Crippen LogP contribution in [0.1, 0.15) is 12.8 Å². The summed E-state index contributed by atoms with van der Waals surface area (Å²) in [5.74, 6) is -0.251. The third kappa shape index (κ3) is 4.09. The zero-order valence-electron chi connectivity index (χ0n) is 14.7. The monoisotopic (exact) mass is 380 g/mol. The molecule has 0 bridgehead atoms. The van der Waals surface area contributed by atoms with Crippen molar-refractivity contribution < 1.29 is 9.59 Å². The highest BCUT2D eigenvalue weighted by molar-refractivity contribution is 7.22. The van der Waals surface area contributed by atoms with E-state index in [9.17, 15) is 9.59 Å². The number of urea groups is 1. The van der Waals surface area contributed by atoms with Gasteiger partial charge in [0.2, 0.25) is 5.91 Å². The van der Waals surface area contributed by atoms with Crippen LogP contribution in [0, 0.1) is 5.92 Å². The summed E-state index contributed by atoms with van der Waals surface area (Å²) in [5.41, 5.74) is 1.65. The van der Waals surface area contributed by atoms with Gasteiger partial charge >= 0.3 is 6.03 Å². The number of carbonyl (C=O) groups is 2. The minimum absolute atomic E-state index is 0.0429. The van der Waals surface area contributed by atoms with Crippen molar-refractivity contribution in [2.75, 3.05) is 23.7 Å². The van der Waals surface area contributed by atoms with Gasteiger partial charge in [-0.05, 0) is 37.1 Å². The minimum atomic E-state index is -0.208. The summed E-state index contributed by atoms with van der Waals surface area (Å²) in [6.07, 6.45) is 1.59. The second-order valence-corrected chi connectivity index (χ2v) is 7.59. The van der Waals surface area contributed by atoms with E-state index in [4.69, 9.17) is 0 Å². The molecule has 1 aromatic heterocycles. The number of hydrogen-bond acceptors (Lipinski definition) is 4. The first-order valence-corrected chi connectivity index (χ1v) is 9.78. The lowest BCUT2D eigenvalue weighted by atomic mass is 9.97. The van der Waals surface area contributed by atoms with E-state index in [0.29, 0.717) is 18.2 Å². The molecule has 1 atom stereocenters. The second-order valence-electron chi connectivity index (χ2n) is 6.56. The van der Waals surface area contributed by atoms with Crippen molar-refractivity contribution in [3.8, 4) is 0 Å². The van der Waals surface area contributed by atoms with Gasteiger partial charge in [-0.3, -0.25) is 10.1 Å². The van der Waals surface area contributed by atoms with E-state index >= 15 is 0 Å². The molecule has 3 amide bonds. The number of amides is 3. The van der Waals surface area contributed by atoms with Crippen LogP contribution in [-0.2, 0) is 4.79 Å². The normalized spacial score (nSPS) is 16.9. The number of likely N-dealkylation sites (tertiary alicyclic amines) is 1. The molecule has 6 nitrogen and oxygen atoms in total. The number of thiazole rings is 1. The number of hydrogen-bond donors (Lipinski definition) is 2. The van der Waals surface area contributed by atoms with Crippen LogP contribution in [0.15, 0.2) is 54.6 Å². The van der Waals surface area contributed by atoms with Gasteiger partial charge in [-0.1, -0.05) is 41.7 Å². The fourth-order valence-corrected chi connectivity index (χ4v) is 4.09. The Morgan fingerprint density at radius 3 is 2.63 bits per heavy atom. The fourth-order valence-electron chi connectivity index (χ4n) is 3.24. The van der Waals surface area contributed by atoms with Crippen LogP contribution in [0.5, 0.6) is 0 Å². The lowest BCUT2D eigenvalue weighted by Gasteiger charge is -2.31. The maximum Gasteiger partial charge on any atom is 0.323 e. The van der Waals surface area contributed by atoms with Gasteiger partial charge < -0.3 is 10.2 Å². The van der Waals surface area contributed by atoms with E-state index < -0.39 is 0 Å². The zero-order valence-corrected chi connectivity index (χ0v) is 15.5. The summed E-state index contributed by atoms with van der Waals surface area (Å²) in [6, 6.07) is 17.0. The van der Waals surface area contributed by atoms with Crippen LogP contribution < -0.4 is 10.6 Å². The zero-order chi connectivity index (χ0) is 18.6. The second kappa shape index (κ2) is 7.75. The first-order chi connectivity index (χ1) is 13.2. The summed E-state index contributed by atoms with van der Waals surface area (Å²) < 4.78 is 1.03. The van der Waals surface area contributed by atoms with Crippen LogP contribution in [-0.4, -0.2) is 34.9 Å². The fraction of sp³-hybridized carbons (Fsp3) is 0.250. The smallest absolute Gasteiger partial charge is 0.323 e. The molecular weight excluding hydrogens is 360 g/mol. The van der Waals surface area contributed by atoms with Crippen LogP contribution in [0.3, 0.4) is 0 Å². The van der Waals surface area contributed by atoms with E-state index in [1.54, 1.807) is 4.90 Å². The van der Waals surface area contributed by atoms with Gasteiger partial charge in [0, 0.05) is 18.8 Å². The number of nitrogens with one attached hydrogen (secondary N) is 2. The molecule has 1 unspecified atom stereocenters. The number of fused-ring (bicyclic) bond motifs is 1. The molecule has 0 spiro atoms. The Bertz CT molecular complexity index is 924. The molecule has 2 N–H and O–H groups in total. The largest absolute Gasteiger partial charge is 0.326 e. The average Bonchev–Trinajstić information content (AvgIpc) is 3.11. The number of rotatable bonds is 3. The summed E-state index contributed by atoms with van der Waals surface area (Å²) >= 11 is 1.45. The third-order valence-electron chi connectivity index (χ3n) is 4.63.